The maximum Gasteiger partial charge on any atom is 0.131 e. The van der Waals surface area contributed by atoms with Gasteiger partial charge in [0.2, 0.25) is 0 Å². The summed E-state index contributed by atoms with van der Waals surface area (Å²) < 4.78 is 26.9. The van der Waals surface area contributed by atoms with E-state index in [9.17, 15) is 8.78 Å². The normalized spacial score (nSPS) is 12.5. The molecule has 0 heterocycles. The number of aliphatic imine (C=N–C) groups is 1. The maximum absolute atomic E-state index is 13.9. The summed E-state index contributed by atoms with van der Waals surface area (Å²) in [6, 6.07) is 21.1. The van der Waals surface area contributed by atoms with Crippen LogP contribution in [0.2, 0.25) is 0 Å². The van der Waals surface area contributed by atoms with Crippen molar-refractivity contribution < 1.29 is 8.78 Å². The van der Waals surface area contributed by atoms with E-state index in [2.05, 4.69) is 4.99 Å². The fourth-order valence-electron chi connectivity index (χ4n) is 2.60. The second kappa shape index (κ2) is 7.18. The highest BCUT2D eigenvalue weighted by molar-refractivity contribution is 5.90. The van der Waals surface area contributed by atoms with E-state index in [4.69, 9.17) is 0 Å². The van der Waals surface area contributed by atoms with E-state index in [0.717, 1.165) is 22.8 Å². The topological polar surface area (TPSA) is 12.4 Å². The summed E-state index contributed by atoms with van der Waals surface area (Å²) in [6.45, 7) is 1.79. The molecule has 0 amide bonds. The minimum Gasteiger partial charge on any atom is -0.285 e. The standard InChI is InChI=1S/C21H17F2N/c1-15(19-12-11-18(22)13-21(19)23)24-14-17-9-5-6-10-20(17)16-7-3-2-4-8-16/h2-15H,1H3. The van der Waals surface area contributed by atoms with Crippen LogP contribution in [0.3, 0.4) is 0 Å². The van der Waals surface area contributed by atoms with Crippen LogP contribution in [-0.2, 0) is 0 Å². The molecule has 0 saturated heterocycles. The molecule has 120 valence electrons. The summed E-state index contributed by atoms with van der Waals surface area (Å²) in [7, 11) is 0. The van der Waals surface area contributed by atoms with Crippen molar-refractivity contribution in [1.82, 2.24) is 0 Å². The van der Waals surface area contributed by atoms with Crippen LogP contribution < -0.4 is 0 Å². The third-order valence-corrected chi connectivity index (χ3v) is 3.90. The van der Waals surface area contributed by atoms with Crippen molar-refractivity contribution in [3.8, 4) is 11.1 Å². The van der Waals surface area contributed by atoms with E-state index in [1.165, 1.54) is 12.1 Å². The van der Waals surface area contributed by atoms with E-state index in [-0.39, 0.29) is 0 Å². The Hall–Kier alpha value is -2.81. The molecular weight excluding hydrogens is 304 g/mol. The van der Waals surface area contributed by atoms with Gasteiger partial charge in [-0.3, -0.25) is 4.99 Å². The van der Waals surface area contributed by atoms with Gasteiger partial charge in [-0.2, -0.15) is 0 Å². The first kappa shape index (κ1) is 16.1. The molecule has 1 atom stereocenters. The summed E-state index contributed by atoms with van der Waals surface area (Å²) >= 11 is 0. The summed E-state index contributed by atoms with van der Waals surface area (Å²) in [5.41, 5.74) is 3.50. The Morgan fingerprint density at radius 3 is 2.33 bits per heavy atom. The first-order valence-electron chi connectivity index (χ1n) is 7.78. The molecular formula is C21H17F2N. The molecule has 0 N–H and O–H groups in total. The summed E-state index contributed by atoms with van der Waals surface area (Å²) in [5.74, 6) is -1.15. The van der Waals surface area contributed by atoms with Crippen molar-refractivity contribution in [2.75, 3.05) is 0 Å². The summed E-state index contributed by atoms with van der Waals surface area (Å²) in [4.78, 5) is 4.45. The van der Waals surface area contributed by atoms with Gasteiger partial charge in [0, 0.05) is 23.4 Å². The minimum absolute atomic E-state index is 0.379. The number of benzene rings is 3. The molecule has 0 aliphatic heterocycles. The summed E-state index contributed by atoms with van der Waals surface area (Å²) in [5, 5.41) is 0. The van der Waals surface area contributed by atoms with Gasteiger partial charge >= 0.3 is 0 Å². The lowest BCUT2D eigenvalue weighted by Crippen LogP contribution is -1.97. The van der Waals surface area contributed by atoms with Crippen molar-refractivity contribution >= 4 is 6.21 Å². The lowest BCUT2D eigenvalue weighted by Gasteiger charge is -2.09. The second-order valence-electron chi connectivity index (χ2n) is 5.57. The number of rotatable bonds is 4. The molecule has 0 aliphatic carbocycles. The molecule has 3 aromatic carbocycles. The van der Waals surface area contributed by atoms with Crippen LogP contribution in [-0.4, -0.2) is 6.21 Å². The fraction of sp³-hybridized carbons (Fsp3) is 0.0952. The van der Waals surface area contributed by atoms with Crippen LogP contribution in [0.5, 0.6) is 0 Å². The van der Waals surface area contributed by atoms with E-state index in [1.807, 2.05) is 54.6 Å². The van der Waals surface area contributed by atoms with Crippen LogP contribution in [0, 0.1) is 11.6 Å². The highest BCUT2D eigenvalue weighted by Crippen LogP contribution is 2.24. The molecule has 0 radical (unpaired) electrons. The molecule has 1 unspecified atom stereocenters. The van der Waals surface area contributed by atoms with E-state index in [1.54, 1.807) is 13.1 Å². The van der Waals surface area contributed by atoms with Crippen molar-refractivity contribution in [2.45, 2.75) is 13.0 Å². The maximum atomic E-state index is 13.9. The molecule has 0 aliphatic rings. The van der Waals surface area contributed by atoms with Crippen LogP contribution in [0.1, 0.15) is 24.1 Å². The Kier molecular flexibility index (Phi) is 4.80. The largest absolute Gasteiger partial charge is 0.285 e. The molecule has 0 aromatic heterocycles. The van der Waals surface area contributed by atoms with Crippen molar-refractivity contribution in [1.29, 1.82) is 0 Å². The average molecular weight is 321 g/mol. The quantitative estimate of drug-likeness (QED) is 0.538. The fourth-order valence-corrected chi connectivity index (χ4v) is 2.60. The van der Waals surface area contributed by atoms with Gasteiger partial charge in [0.15, 0.2) is 0 Å². The molecule has 0 fully saturated rings. The van der Waals surface area contributed by atoms with Gasteiger partial charge in [0.25, 0.3) is 0 Å². The zero-order valence-corrected chi connectivity index (χ0v) is 13.3. The lowest BCUT2D eigenvalue weighted by molar-refractivity contribution is 0.563. The van der Waals surface area contributed by atoms with Gasteiger partial charge in [-0.15, -0.1) is 0 Å². The minimum atomic E-state index is -0.582. The number of halogens is 2. The Morgan fingerprint density at radius 1 is 0.875 bits per heavy atom. The average Bonchev–Trinajstić information content (AvgIpc) is 2.61. The Labute approximate surface area is 140 Å². The van der Waals surface area contributed by atoms with Crippen LogP contribution in [0.25, 0.3) is 11.1 Å². The van der Waals surface area contributed by atoms with Gasteiger partial charge in [-0.05, 0) is 24.1 Å². The Morgan fingerprint density at radius 2 is 1.58 bits per heavy atom. The second-order valence-corrected chi connectivity index (χ2v) is 5.57. The molecule has 3 aromatic rings. The van der Waals surface area contributed by atoms with Gasteiger partial charge in [-0.25, -0.2) is 8.78 Å². The van der Waals surface area contributed by atoms with Crippen LogP contribution in [0.4, 0.5) is 8.78 Å². The molecule has 3 rings (SSSR count). The highest BCUT2D eigenvalue weighted by Gasteiger charge is 2.10. The molecule has 3 heteroatoms. The molecule has 0 spiro atoms. The third kappa shape index (κ3) is 3.57. The van der Waals surface area contributed by atoms with Crippen molar-refractivity contribution in [3.05, 3.63) is 95.6 Å². The van der Waals surface area contributed by atoms with E-state index < -0.39 is 17.7 Å². The highest BCUT2D eigenvalue weighted by atomic mass is 19.1. The number of hydrogen-bond acceptors (Lipinski definition) is 1. The number of nitrogens with zero attached hydrogens (tertiary/aromatic N) is 1. The number of hydrogen-bond donors (Lipinski definition) is 0. The lowest BCUT2D eigenvalue weighted by atomic mass is 10.0. The van der Waals surface area contributed by atoms with Gasteiger partial charge < -0.3 is 0 Å². The van der Waals surface area contributed by atoms with Gasteiger partial charge in [-0.1, -0.05) is 60.7 Å². The first-order valence-corrected chi connectivity index (χ1v) is 7.78. The zero-order valence-electron chi connectivity index (χ0n) is 13.3. The molecule has 1 nitrogen and oxygen atoms in total. The summed E-state index contributed by atoms with van der Waals surface area (Å²) in [6.07, 6.45) is 1.75. The Bertz CT molecular complexity index is 857. The van der Waals surface area contributed by atoms with Gasteiger partial charge in [0.05, 0.1) is 6.04 Å². The first-order chi connectivity index (χ1) is 11.6. The Balaban J connectivity index is 1.90. The smallest absolute Gasteiger partial charge is 0.131 e. The van der Waals surface area contributed by atoms with Crippen LogP contribution in [0.15, 0.2) is 77.8 Å². The predicted octanol–water partition coefficient (Wildman–Crippen LogP) is 5.81. The molecule has 0 bridgehead atoms. The van der Waals surface area contributed by atoms with Gasteiger partial charge in [0.1, 0.15) is 11.6 Å². The SMILES string of the molecule is CC(N=Cc1ccccc1-c1ccccc1)c1ccc(F)cc1F. The molecule has 0 saturated carbocycles. The molecule has 24 heavy (non-hydrogen) atoms. The van der Waals surface area contributed by atoms with Crippen LogP contribution >= 0.6 is 0 Å². The van der Waals surface area contributed by atoms with E-state index >= 15 is 0 Å². The third-order valence-electron chi connectivity index (χ3n) is 3.90. The van der Waals surface area contributed by atoms with E-state index in [0.29, 0.717) is 5.56 Å². The zero-order chi connectivity index (χ0) is 16.9. The van der Waals surface area contributed by atoms with Crippen molar-refractivity contribution in [2.24, 2.45) is 4.99 Å². The monoisotopic (exact) mass is 321 g/mol. The predicted molar refractivity (Wildman–Crippen MR) is 94.2 cm³/mol. The van der Waals surface area contributed by atoms with Crippen molar-refractivity contribution in [3.63, 3.8) is 0 Å².